The molecule has 0 spiro atoms. The summed E-state index contributed by atoms with van der Waals surface area (Å²) in [5, 5.41) is 0.104. The Morgan fingerprint density at radius 3 is 2.55 bits per heavy atom. The van der Waals surface area contributed by atoms with E-state index in [1.165, 1.54) is 12.1 Å². The fourth-order valence-corrected chi connectivity index (χ4v) is 1.61. The predicted octanol–water partition coefficient (Wildman–Crippen LogP) is 3.28. The second-order valence-electron chi connectivity index (χ2n) is 1.83. The van der Waals surface area contributed by atoms with Crippen LogP contribution in [0.3, 0.4) is 0 Å². The van der Waals surface area contributed by atoms with Crippen molar-refractivity contribution in [3.63, 3.8) is 0 Å². The van der Waals surface area contributed by atoms with Crippen LogP contribution in [-0.4, -0.2) is 4.98 Å². The maximum Gasteiger partial charge on any atom is 0.280 e. The topological polar surface area (TPSA) is 12.9 Å². The van der Waals surface area contributed by atoms with E-state index in [2.05, 4.69) is 4.98 Å². The van der Waals surface area contributed by atoms with Crippen LogP contribution < -0.4 is 0 Å². The van der Waals surface area contributed by atoms with Gasteiger partial charge in [0.05, 0.1) is 0 Å². The maximum absolute atomic E-state index is 12.0. The summed E-state index contributed by atoms with van der Waals surface area (Å²) in [5.41, 5.74) is -0.276. The molecule has 0 aliphatic carbocycles. The van der Waals surface area contributed by atoms with E-state index < -0.39 is 6.43 Å². The minimum absolute atomic E-state index is 0.104. The standard InChI is InChI=1S/C6H3ClF2IN/c7-5-2-3(10)1-4(11-5)6(8)9/h1-2,6H. The molecule has 0 amide bonds. The zero-order valence-corrected chi connectivity index (χ0v) is 8.10. The molecular formula is C6H3ClF2IN. The fraction of sp³-hybridized carbons (Fsp3) is 0.167. The molecule has 0 fully saturated rings. The van der Waals surface area contributed by atoms with E-state index in [0.717, 1.165) is 0 Å². The quantitative estimate of drug-likeness (QED) is 0.571. The molecule has 0 radical (unpaired) electrons. The molecule has 60 valence electrons. The normalized spacial score (nSPS) is 10.6. The Morgan fingerprint density at radius 2 is 2.09 bits per heavy atom. The molecular weight excluding hydrogens is 286 g/mol. The van der Waals surface area contributed by atoms with Gasteiger partial charge in [-0.3, -0.25) is 0 Å². The highest BCUT2D eigenvalue weighted by Gasteiger charge is 2.09. The summed E-state index contributed by atoms with van der Waals surface area (Å²) in [4.78, 5) is 3.44. The van der Waals surface area contributed by atoms with Gasteiger partial charge in [0, 0.05) is 3.57 Å². The Hall–Kier alpha value is 0.0300. The third-order valence-electron chi connectivity index (χ3n) is 1.00. The van der Waals surface area contributed by atoms with Crippen molar-refractivity contribution in [2.24, 2.45) is 0 Å². The lowest BCUT2D eigenvalue weighted by Gasteiger charge is -1.99. The Balaban J connectivity index is 3.08. The van der Waals surface area contributed by atoms with Gasteiger partial charge in [-0.25, -0.2) is 13.8 Å². The molecule has 11 heavy (non-hydrogen) atoms. The zero-order valence-electron chi connectivity index (χ0n) is 5.19. The van der Waals surface area contributed by atoms with Gasteiger partial charge < -0.3 is 0 Å². The second kappa shape index (κ2) is 3.62. The van der Waals surface area contributed by atoms with Crippen molar-refractivity contribution in [1.29, 1.82) is 0 Å². The van der Waals surface area contributed by atoms with Crippen LogP contribution in [0.1, 0.15) is 12.1 Å². The first-order chi connectivity index (χ1) is 5.09. The summed E-state index contributed by atoms with van der Waals surface area (Å²) in [7, 11) is 0. The molecule has 0 bridgehead atoms. The lowest BCUT2D eigenvalue weighted by molar-refractivity contribution is 0.146. The van der Waals surface area contributed by atoms with Gasteiger partial charge in [-0.2, -0.15) is 0 Å². The average Bonchev–Trinajstić information content (AvgIpc) is 1.85. The van der Waals surface area contributed by atoms with Gasteiger partial charge in [-0.05, 0) is 34.7 Å². The first kappa shape index (κ1) is 9.12. The van der Waals surface area contributed by atoms with E-state index >= 15 is 0 Å². The van der Waals surface area contributed by atoms with Crippen LogP contribution in [0.25, 0.3) is 0 Å². The van der Waals surface area contributed by atoms with Gasteiger partial charge in [0.1, 0.15) is 10.8 Å². The number of rotatable bonds is 1. The number of hydrogen-bond donors (Lipinski definition) is 0. The molecule has 1 heterocycles. The highest BCUT2D eigenvalue weighted by molar-refractivity contribution is 14.1. The van der Waals surface area contributed by atoms with Crippen LogP contribution in [0.5, 0.6) is 0 Å². The van der Waals surface area contributed by atoms with E-state index in [0.29, 0.717) is 3.57 Å². The van der Waals surface area contributed by atoms with Crippen LogP contribution in [0.2, 0.25) is 5.15 Å². The van der Waals surface area contributed by atoms with Crippen molar-refractivity contribution >= 4 is 34.2 Å². The first-order valence-corrected chi connectivity index (χ1v) is 4.16. The van der Waals surface area contributed by atoms with Gasteiger partial charge in [-0.15, -0.1) is 0 Å². The third-order valence-corrected chi connectivity index (χ3v) is 1.82. The monoisotopic (exact) mass is 289 g/mol. The lowest BCUT2D eigenvalue weighted by atomic mass is 10.4. The van der Waals surface area contributed by atoms with Crippen molar-refractivity contribution in [3.8, 4) is 0 Å². The van der Waals surface area contributed by atoms with Crippen LogP contribution >= 0.6 is 34.2 Å². The molecule has 0 atom stereocenters. The van der Waals surface area contributed by atoms with Crippen molar-refractivity contribution < 1.29 is 8.78 Å². The average molecular weight is 289 g/mol. The molecule has 1 aromatic heterocycles. The molecule has 5 heteroatoms. The first-order valence-electron chi connectivity index (χ1n) is 2.70. The fourth-order valence-electron chi connectivity index (χ4n) is 0.596. The van der Waals surface area contributed by atoms with E-state index in [1.54, 1.807) is 0 Å². The Bertz CT molecular complexity index is 247. The summed E-state index contributed by atoms with van der Waals surface area (Å²) < 4.78 is 24.7. The van der Waals surface area contributed by atoms with E-state index in [9.17, 15) is 8.78 Å². The van der Waals surface area contributed by atoms with Gasteiger partial charge in [0.2, 0.25) is 0 Å². The third kappa shape index (κ3) is 2.52. The molecule has 0 saturated carbocycles. The number of nitrogens with zero attached hydrogens (tertiary/aromatic N) is 1. The summed E-state index contributed by atoms with van der Waals surface area (Å²) >= 11 is 7.35. The molecule has 0 N–H and O–H groups in total. The molecule has 1 nitrogen and oxygen atoms in total. The van der Waals surface area contributed by atoms with E-state index in [1.807, 2.05) is 22.6 Å². The predicted molar refractivity (Wildman–Crippen MR) is 46.9 cm³/mol. The molecule has 0 aromatic carbocycles. The number of halogens is 4. The largest absolute Gasteiger partial charge is 0.280 e. The number of aromatic nitrogens is 1. The summed E-state index contributed by atoms with van der Waals surface area (Å²) in [6.07, 6.45) is -2.55. The van der Waals surface area contributed by atoms with E-state index in [-0.39, 0.29) is 10.8 Å². The second-order valence-corrected chi connectivity index (χ2v) is 3.47. The van der Waals surface area contributed by atoms with Crippen LogP contribution in [-0.2, 0) is 0 Å². The smallest absolute Gasteiger partial charge is 0.235 e. The van der Waals surface area contributed by atoms with Crippen molar-refractivity contribution in [3.05, 3.63) is 26.5 Å². The molecule has 0 aliphatic heterocycles. The van der Waals surface area contributed by atoms with E-state index in [4.69, 9.17) is 11.6 Å². The maximum atomic E-state index is 12.0. The van der Waals surface area contributed by atoms with Gasteiger partial charge in [0.15, 0.2) is 0 Å². The van der Waals surface area contributed by atoms with Crippen molar-refractivity contribution in [2.45, 2.75) is 6.43 Å². The molecule has 0 saturated heterocycles. The van der Waals surface area contributed by atoms with Crippen molar-refractivity contribution in [1.82, 2.24) is 4.98 Å². The molecule has 0 aliphatic rings. The Kier molecular flexibility index (Phi) is 3.00. The van der Waals surface area contributed by atoms with Crippen molar-refractivity contribution in [2.75, 3.05) is 0 Å². The summed E-state index contributed by atoms with van der Waals surface area (Å²) in [6.45, 7) is 0. The highest BCUT2D eigenvalue weighted by Crippen LogP contribution is 2.21. The van der Waals surface area contributed by atoms with Crippen LogP contribution in [0, 0.1) is 3.57 Å². The molecule has 1 aromatic rings. The highest BCUT2D eigenvalue weighted by atomic mass is 127. The molecule has 0 unspecified atom stereocenters. The SMILES string of the molecule is FC(F)c1cc(I)cc(Cl)n1. The summed E-state index contributed by atoms with van der Waals surface area (Å²) in [5.74, 6) is 0. The Morgan fingerprint density at radius 1 is 1.45 bits per heavy atom. The van der Waals surface area contributed by atoms with Crippen LogP contribution in [0.15, 0.2) is 12.1 Å². The number of hydrogen-bond acceptors (Lipinski definition) is 1. The zero-order chi connectivity index (χ0) is 8.43. The minimum Gasteiger partial charge on any atom is -0.235 e. The Labute approximate surface area is 80.9 Å². The summed E-state index contributed by atoms with van der Waals surface area (Å²) in [6, 6.07) is 2.82. The van der Waals surface area contributed by atoms with Crippen LogP contribution in [0.4, 0.5) is 8.78 Å². The number of pyridine rings is 1. The van der Waals surface area contributed by atoms with Gasteiger partial charge >= 0.3 is 0 Å². The van der Waals surface area contributed by atoms with Gasteiger partial charge in [0.25, 0.3) is 6.43 Å². The number of alkyl halides is 2. The van der Waals surface area contributed by atoms with Gasteiger partial charge in [-0.1, -0.05) is 11.6 Å². The molecule has 1 rings (SSSR count). The lowest BCUT2D eigenvalue weighted by Crippen LogP contribution is -1.90. The minimum atomic E-state index is -2.55.